The first-order chi connectivity index (χ1) is 8.72. The van der Waals surface area contributed by atoms with Crippen LogP contribution in [0.15, 0.2) is 22.8 Å². The highest BCUT2D eigenvalue weighted by atomic mass is 16.5. The monoisotopic (exact) mass is 257 g/mol. The largest absolute Gasteiger partial charge is 0.469 e. The lowest BCUT2D eigenvalue weighted by Crippen LogP contribution is -2.33. The molecular formula is C13H23NO4. The number of hydrogen-bond acceptors (Lipinski definition) is 5. The second-order valence-electron chi connectivity index (χ2n) is 4.29. The van der Waals surface area contributed by atoms with E-state index in [9.17, 15) is 5.11 Å². The number of rotatable bonds is 10. The van der Waals surface area contributed by atoms with Gasteiger partial charge in [-0.1, -0.05) is 0 Å². The molecule has 0 aliphatic carbocycles. The van der Waals surface area contributed by atoms with E-state index in [1.54, 1.807) is 13.4 Å². The predicted octanol–water partition coefficient (Wildman–Crippen LogP) is 0.824. The summed E-state index contributed by atoms with van der Waals surface area (Å²) in [4.78, 5) is 0. The van der Waals surface area contributed by atoms with Crippen LogP contribution in [0.4, 0.5) is 0 Å². The van der Waals surface area contributed by atoms with Crippen molar-refractivity contribution < 1.29 is 19.0 Å². The predicted molar refractivity (Wildman–Crippen MR) is 68.6 cm³/mol. The lowest BCUT2D eigenvalue weighted by Gasteiger charge is -2.16. The average Bonchev–Trinajstić information content (AvgIpc) is 2.85. The minimum atomic E-state index is -0.499. The third kappa shape index (κ3) is 6.76. The Morgan fingerprint density at radius 2 is 2.28 bits per heavy atom. The van der Waals surface area contributed by atoms with Gasteiger partial charge in [-0.2, -0.15) is 0 Å². The first-order valence-corrected chi connectivity index (χ1v) is 6.24. The van der Waals surface area contributed by atoms with Gasteiger partial charge in [0, 0.05) is 26.6 Å². The van der Waals surface area contributed by atoms with E-state index in [4.69, 9.17) is 13.9 Å². The van der Waals surface area contributed by atoms with Gasteiger partial charge in [0.2, 0.25) is 0 Å². The Hall–Kier alpha value is -0.880. The summed E-state index contributed by atoms with van der Waals surface area (Å²) in [7, 11) is 1.63. The highest BCUT2D eigenvalue weighted by Crippen LogP contribution is 1.99. The molecule has 0 aromatic carbocycles. The zero-order chi connectivity index (χ0) is 13.2. The summed E-state index contributed by atoms with van der Waals surface area (Å²) in [6, 6.07) is 3.81. The molecule has 0 saturated heterocycles. The molecule has 18 heavy (non-hydrogen) atoms. The Kier molecular flexibility index (Phi) is 7.68. The van der Waals surface area contributed by atoms with E-state index in [1.807, 2.05) is 19.1 Å². The maximum absolute atomic E-state index is 9.67. The molecule has 5 nitrogen and oxygen atoms in total. The van der Waals surface area contributed by atoms with Crippen LogP contribution in [0.5, 0.6) is 0 Å². The Balaban J connectivity index is 1.98. The van der Waals surface area contributed by atoms with Crippen LogP contribution >= 0.6 is 0 Å². The van der Waals surface area contributed by atoms with Gasteiger partial charge in [0.25, 0.3) is 0 Å². The number of furan rings is 1. The Bertz CT molecular complexity index is 289. The van der Waals surface area contributed by atoms with E-state index in [0.29, 0.717) is 19.8 Å². The quantitative estimate of drug-likeness (QED) is 0.608. The second kappa shape index (κ2) is 9.10. The number of aliphatic hydroxyl groups excluding tert-OH is 1. The number of nitrogens with one attached hydrogen (secondary N) is 1. The summed E-state index contributed by atoms with van der Waals surface area (Å²) < 4.78 is 15.6. The molecule has 2 N–H and O–H groups in total. The molecule has 0 fully saturated rings. The van der Waals surface area contributed by atoms with Crippen LogP contribution in [0.2, 0.25) is 0 Å². The molecule has 1 heterocycles. The summed E-state index contributed by atoms with van der Waals surface area (Å²) in [6.07, 6.45) is 1.99. The van der Waals surface area contributed by atoms with E-state index in [-0.39, 0.29) is 6.10 Å². The smallest absolute Gasteiger partial charge is 0.105 e. The minimum Gasteiger partial charge on any atom is -0.469 e. The molecule has 0 saturated carbocycles. The molecule has 0 amide bonds. The van der Waals surface area contributed by atoms with Gasteiger partial charge < -0.3 is 24.3 Å². The fourth-order valence-corrected chi connectivity index (χ4v) is 1.55. The van der Waals surface area contributed by atoms with Crippen molar-refractivity contribution >= 4 is 0 Å². The molecule has 104 valence electrons. The number of methoxy groups -OCH3 is 1. The molecule has 1 rings (SSSR count). The van der Waals surface area contributed by atoms with Crippen molar-refractivity contribution in [3.63, 3.8) is 0 Å². The number of aliphatic hydroxyl groups is 1. The standard InChI is InChI=1S/C13H23NO4/c1-11(9-16-2)18-10-12(15)8-14-6-5-13-4-3-7-17-13/h3-4,7,11-12,14-15H,5-6,8-10H2,1-2H3. The molecule has 0 radical (unpaired) electrons. The van der Waals surface area contributed by atoms with Crippen LogP contribution in [0.1, 0.15) is 12.7 Å². The van der Waals surface area contributed by atoms with Gasteiger partial charge in [-0.05, 0) is 19.1 Å². The second-order valence-corrected chi connectivity index (χ2v) is 4.29. The van der Waals surface area contributed by atoms with Gasteiger partial charge in [-0.15, -0.1) is 0 Å². The van der Waals surface area contributed by atoms with Crippen molar-refractivity contribution in [1.29, 1.82) is 0 Å². The molecule has 5 heteroatoms. The van der Waals surface area contributed by atoms with E-state index in [1.165, 1.54) is 0 Å². The summed E-state index contributed by atoms with van der Waals surface area (Å²) in [5.74, 6) is 0.946. The average molecular weight is 257 g/mol. The Labute approximate surface area is 108 Å². The van der Waals surface area contributed by atoms with Crippen LogP contribution < -0.4 is 5.32 Å². The van der Waals surface area contributed by atoms with Crippen molar-refractivity contribution in [2.24, 2.45) is 0 Å². The summed E-state index contributed by atoms with van der Waals surface area (Å²) in [5, 5.41) is 12.8. The fourth-order valence-electron chi connectivity index (χ4n) is 1.55. The van der Waals surface area contributed by atoms with Gasteiger partial charge >= 0.3 is 0 Å². The third-order valence-electron chi connectivity index (χ3n) is 2.48. The Morgan fingerprint density at radius 1 is 1.44 bits per heavy atom. The molecule has 0 bridgehead atoms. The van der Waals surface area contributed by atoms with Crippen LogP contribution in [0, 0.1) is 0 Å². The maximum Gasteiger partial charge on any atom is 0.105 e. The molecule has 2 atom stereocenters. The van der Waals surface area contributed by atoms with Gasteiger partial charge in [0.1, 0.15) is 5.76 Å². The van der Waals surface area contributed by atoms with Crippen molar-refractivity contribution in [2.75, 3.05) is 33.4 Å². The molecule has 0 aliphatic heterocycles. The minimum absolute atomic E-state index is 0.00719. The van der Waals surface area contributed by atoms with Crippen molar-refractivity contribution in [3.05, 3.63) is 24.2 Å². The lowest BCUT2D eigenvalue weighted by molar-refractivity contribution is -0.0310. The van der Waals surface area contributed by atoms with Crippen LogP contribution in [0.25, 0.3) is 0 Å². The van der Waals surface area contributed by atoms with E-state index >= 15 is 0 Å². The first kappa shape index (κ1) is 15.2. The van der Waals surface area contributed by atoms with Gasteiger partial charge in [0.05, 0.1) is 31.7 Å². The SMILES string of the molecule is COCC(C)OCC(O)CNCCc1ccco1. The third-order valence-corrected chi connectivity index (χ3v) is 2.48. The van der Waals surface area contributed by atoms with E-state index < -0.39 is 6.10 Å². The first-order valence-electron chi connectivity index (χ1n) is 6.24. The zero-order valence-corrected chi connectivity index (χ0v) is 11.1. The lowest BCUT2D eigenvalue weighted by atomic mass is 10.3. The molecule has 2 unspecified atom stereocenters. The van der Waals surface area contributed by atoms with Crippen molar-refractivity contribution in [3.8, 4) is 0 Å². The van der Waals surface area contributed by atoms with Crippen LogP contribution in [-0.2, 0) is 15.9 Å². The molecule has 1 aromatic rings. The number of ether oxygens (including phenoxy) is 2. The van der Waals surface area contributed by atoms with Crippen molar-refractivity contribution in [2.45, 2.75) is 25.6 Å². The molecule has 0 spiro atoms. The van der Waals surface area contributed by atoms with Gasteiger partial charge in [-0.3, -0.25) is 0 Å². The van der Waals surface area contributed by atoms with Gasteiger partial charge in [-0.25, -0.2) is 0 Å². The van der Waals surface area contributed by atoms with E-state index in [0.717, 1.165) is 18.7 Å². The zero-order valence-electron chi connectivity index (χ0n) is 11.1. The highest BCUT2D eigenvalue weighted by Gasteiger charge is 2.07. The summed E-state index contributed by atoms with van der Waals surface area (Å²) in [6.45, 7) is 4.07. The highest BCUT2D eigenvalue weighted by molar-refractivity contribution is 4.98. The van der Waals surface area contributed by atoms with Crippen LogP contribution in [-0.4, -0.2) is 50.7 Å². The molecule has 1 aromatic heterocycles. The normalized spacial score (nSPS) is 14.6. The summed E-state index contributed by atoms with van der Waals surface area (Å²) >= 11 is 0. The summed E-state index contributed by atoms with van der Waals surface area (Å²) in [5.41, 5.74) is 0. The number of hydrogen-bond donors (Lipinski definition) is 2. The fraction of sp³-hybridized carbons (Fsp3) is 0.692. The Morgan fingerprint density at radius 3 is 2.94 bits per heavy atom. The maximum atomic E-state index is 9.67. The van der Waals surface area contributed by atoms with Crippen molar-refractivity contribution in [1.82, 2.24) is 5.32 Å². The van der Waals surface area contributed by atoms with Crippen LogP contribution in [0.3, 0.4) is 0 Å². The molecular weight excluding hydrogens is 234 g/mol. The van der Waals surface area contributed by atoms with E-state index in [2.05, 4.69) is 5.32 Å². The molecule has 0 aliphatic rings. The van der Waals surface area contributed by atoms with Gasteiger partial charge in [0.15, 0.2) is 0 Å². The topological polar surface area (TPSA) is 63.9 Å².